The SMILES string of the molecule is CN=C(NCCOCCOC)NCCSC. The Morgan fingerprint density at radius 3 is 2.56 bits per heavy atom. The van der Waals surface area contributed by atoms with Crippen LogP contribution >= 0.6 is 11.8 Å². The molecule has 0 aromatic rings. The second-order valence-electron chi connectivity index (χ2n) is 3.02. The number of methoxy groups -OCH3 is 1. The Labute approximate surface area is 102 Å². The Morgan fingerprint density at radius 1 is 1.19 bits per heavy atom. The van der Waals surface area contributed by atoms with E-state index in [1.807, 2.05) is 11.8 Å². The maximum Gasteiger partial charge on any atom is 0.191 e. The van der Waals surface area contributed by atoms with E-state index in [2.05, 4.69) is 21.9 Å². The monoisotopic (exact) mass is 249 g/mol. The van der Waals surface area contributed by atoms with Crippen LogP contribution in [0.5, 0.6) is 0 Å². The van der Waals surface area contributed by atoms with E-state index in [9.17, 15) is 0 Å². The minimum Gasteiger partial charge on any atom is -0.382 e. The lowest BCUT2D eigenvalue weighted by Crippen LogP contribution is -2.40. The number of thioether (sulfide) groups is 1. The molecule has 0 aromatic heterocycles. The van der Waals surface area contributed by atoms with Gasteiger partial charge in [-0.15, -0.1) is 0 Å². The summed E-state index contributed by atoms with van der Waals surface area (Å²) in [7, 11) is 3.43. The van der Waals surface area contributed by atoms with Crippen LogP contribution in [-0.4, -0.2) is 65.0 Å². The molecule has 0 aromatic carbocycles. The van der Waals surface area contributed by atoms with Gasteiger partial charge in [0.2, 0.25) is 0 Å². The van der Waals surface area contributed by atoms with Gasteiger partial charge in [-0.3, -0.25) is 4.99 Å². The van der Waals surface area contributed by atoms with Crippen molar-refractivity contribution in [3.8, 4) is 0 Å². The van der Waals surface area contributed by atoms with Crippen LogP contribution in [0.1, 0.15) is 0 Å². The van der Waals surface area contributed by atoms with Crippen molar-refractivity contribution >= 4 is 17.7 Å². The van der Waals surface area contributed by atoms with Gasteiger partial charge in [-0.2, -0.15) is 11.8 Å². The van der Waals surface area contributed by atoms with Crippen molar-refractivity contribution in [2.24, 2.45) is 4.99 Å². The highest BCUT2D eigenvalue weighted by molar-refractivity contribution is 7.98. The third kappa shape index (κ3) is 10.1. The van der Waals surface area contributed by atoms with E-state index >= 15 is 0 Å². The van der Waals surface area contributed by atoms with E-state index in [0.29, 0.717) is 19.8 Å². The van der Waals surface area contributed by atoms with Gasteiger partial charge >= 0.3 is 0 Å². The minimum absolute atomic E-state index is 0.636. The molecule has 0 unspecified atom stereocenters. The fraction of sp³-hybridized carbons (Fsp3) is 0.900. The van der Waals surface area contributed by atoms with Crippen LogP contribution < -0.4 is 10.6 Å². The number of guanidine groups is 1. The van der Waals surface area contributed by atoms with Gasteiger partial charge in [-0.25, -0.2) is 0 Å². The molecule has 16 heavy (non-hydrogen) atoms. The Hall–Kier alpha value is -0.460. The largest absolute Gasteiger partial charge is 0.382 e. The number of nitrogens with zero attached hydrogens (tertiary/aromatic N) is 1. The lowest BCUT2D eigenvalue weighted by molar-refractivity contribution is 0.0733. The summed E-state index contributed by atoms with van der Waals surface area (Å²) in [5.41, 5.74) is 0. The maximum atomic E-state index is 5.32. The molecule has 0 saturated carbocycles. The standard InChI is InChI=1S/C10H23N3O2S/c1-11-10(13-5-9-16-3)12-4-6-15-8-7-14-2/h4-9H2,1-3H3,(H2,11,12,13). The Kier molecular flexibility index (Phi) is 12.2. The van der Waals surface area contributed by atoms with Gasteiger partial charge in [-0.1, -0.05) is 0 Å². The molecule has 0 fully saturated rings. The number of rotatable bonds is 9. The van der Waals surface area contributed by atoms with E-state index < -0.39 is 0 Å². The summed E-state index contributed by atoms with van der Waals surface area (Å²) in [6.07, 6.45) is 2.08. The number of nitrogens with one attached hydrogen (secondary N) is 2. The zero-order valence-electron chi connectivity index (χ0n) is 10.4. The van der Waals surface area contributed by atoms with E-state index in [0.717, 1.165) is 24.8 Å². The molecule has 0 aliphatic rings. The van der Waals surface area contributed by atoms with E-state index in [1.54, 1.807) is 14.2 Å². The first-order valence-electron chi connectivity index (χ1n) is 5.35. The first-order valence-corrected chi connectivity index (χ1v) is 6.74. The van der Waals surface area contributed by atoms with Gasteiger partial charge in [0.15, 0.2) is 5.96 Å². The summed E-state index contributed by atoms with van der Waals surface area (Å²) in [4.78, 5) is 4.10. The van der Waals surface area contributed by atoms with Crippen molar-refractivity contribution in [1.29, 1.82) is 0 Å². The molecule has 0 amide bonds. The van der Waals surface area contributed by atoms with E-state index in [4.69, 9.17) is 9.47 Å². The van der Waals surface area contributed by atoms with Gasteiger partial charge in [0.1, 0.15) is 0 Å². The number of hydrogen-bond donors (Lipinski definition) is 2. The summed E-state index contributed by atoms with van der Waals surface area (Å²) in [5, 5.41) is 6.38. The average Bonchev–Trinajstić information content (AvgIpc) is 2.31. The van der Waals surface area contributed by atoms with Gasteiger partial charge in [0.25, 0.3) is 0 Å². The van der Waals surface area contributed by atoms with Crippen LogP contribution in [0.25, 0.3) is 0 Å². The molecular formula is C10H23N3O2S. The summed E-state index contributed by atoms with van der Waals surface area (Å²) in [6.45, 7) is 3.61. The first kappa shape index (κ1) is 15.5. The third-order valence-electron chi connectivity index (χ3n) is 1.79. The quantitative estimate of drug-likeness (QED) is 0.347. The first-order chi connectivity index (χ1) is 7.85. The summed E-state index contributed by atoms with van der Waals surface area (Å²) < 4.78 is 10.2. The second-order valence-corrected chi connectivity index (χ2v) is 4.01. The normalized spacial score (nSPS) is 11.6. The van der Waals surface area contributed by atoms with Crippen LogP contribution in [-0.2, 0) is 9.47 Å². The number of hydrogen-bond acceptors (Lipinski definition) is 4. The molecule has 0 atom stereocenters. The maximum absolute atomic E-state index is 5.32. The third-order valence-corrected chi connectivity index (χ3v) is 2.41. The zero-order chi connectivity index (χ0) is 12.1. The topological polar surface area (TPSA) is 54.9 Å². The predicted octanol–water partition coefficient (Wildman–Crippen LogP) is 0.177. The Morgan fingerprint density at radius 2 is 1.94 bits per heavy atom. The van der Waals surface area contributed by atoms with Gasteiger partial charge in [0, 0.05) is 33.0 Å². The molecule has 0 rings (SSSR count). The Balaban J connectivity index is 3.34. The van der Waals surface area contributed by atoms with Crippen molar-refractivity contribution < 1.29 is 9.47 Å². The molecule has 0 spiro atoms. The molecule has 6 heteroatoms. The predicted molar refractivity (Wildman–Crippen MR) is 70.4 cm³/mol. The van der Waals surface area contributed by atoms with Crippen molar-refractivity contribution in [3.63, 3.8) is 0 Å². The molecule has 96 valence electrons. The van der Waals surface area contributed by atoms with E-state index in [1.165, 1.54) is 0 Å². The number of ether oxygens (including phenoxy) is 2. The summed E-state index contributed by atoms with van der Waals surface area (Å²) in [6, 6.07) is 0. The van der Waals surface area contributed by atoms with Crippen molar-refractivity contribution in [1.82, 2.24) is 10.6 Å². The molecule has 0 bridgehead atoms. The molecule has 2 N–H and O–H groups in total. The van der Waals surface area contributed by atoms with Gasteiger partial charge in [0.05, 0.1) is 19.8 Å². The highest BCUT2D eigenvalue weighted by atomic mass is 32.2. The van der Waals surface area contributed by atoms with Crippen LogP contribution in [0.3, 0.4) is 0 Å². The molecule has 0 aliphatic carbocycles. The molecule has 0 aliphatic heterocycles. The van der Waals surface area contributed by atoms with E-state index in [-0.39, 0.29) is 0 Å². The second kappa shape index (κ2) is 12.6. The highest BCUT2D eigenvalue weighted by Crippen LogP contribution is 1.86. The lowest BCUT2D eigenvalue weighted by atomic mass is 10.6. The fourth-order valence-corrected chi connectivity index (χ4v) is 1.28. The van der Waals surface area contributed by atoms with Crippen LogP contribution in [0.2, 0.25) is 0 Å². The molecule has 0 radical (unpaired) electrons. The highest BCUT2D eigenvalue weighted by Gasteiger charge is 1.95. The van der Waals surface area contributed by atoms with Gasteiger partial charge < -0.3 is 20.1 Å². The Bertz CT molecular complexity index is 179. The molecule has 0 saturated heterocycles. The minimum atomic E-state index is 0.636. The lowest BCUT2D eigenvalue weighted by Gasteiger charge is -2.11. The van der Waals surface area contributed by atoms with Crippen LogP contribution in [0.15, 0.2) is 4.99 Å². The van der Waals surface area contributed by atoms with Crippen molar-refractivity contribution in [2.45, 2.75) is 0 Å². The average molecular weight is 249 g/mol. The smallest absolute Gasteiger partial charge is 0.191 e. The van der Waals surface area contributed by atoms with Crippen molar-refractivity contribution in [2.75, 3.05) is 59.1 Å². The van der Waals surface area contributed by atoms with Crippen LogP contribution in [0.4, 0.5) is 0 Å². The summed E-state index contributed by atoms with van der Waals surface area (Å²) in [5.74, 6) is 1.90. The van der Waals surface area contributed by atoms with Crippen molar-refractivity contribution in [3.05, 3.63) is 0 Å². The zero-order valence-corrected chi connectivity index (χ0v) is 11.2. The molecule has 5 nitrogen and oxygen atoms in total. The van der Waals surface area contributed by atoms with Gasteiger partial charge in [-0.05, 0) is 6.26 Å². The molecular weight excluding hydrogens is 226 g/mol. The van der Waals surface area contributed by atoms with Crippen LogP contribution in [0, 0.1) is 0 Å². The number of aliphatic imine (C=N–C) groups is 1. The summed E-state index contributed by atoms with van der Waals surface area (Å²) >= 11 is 1.81. The fourth-order valence-electron chi connectivity index (χ4n) is 0.978. The molecule has 0 heterocycles.